The number of aryl methyl sites for hydroxylation is 2. The summed E-state index contributed by atoms with van der Waals surface area (Å²) in [5.41, 5.74) is 3.35. The van der Waals surface area contributed by atoms with E-state index < -0.39 is 0 Å². The van der Waals surface area contributed by atoms with Gasteiger partial charge in [-0.3, -0.25) is 4.98 Å². The van der Waals surface area contributed by atoms with E-state index in [1.807, 2.05) is 25.1 Å². The third-order valence-electron chi connectivity index (χ3n) is 2.48. The molecule has 0 saturated heterocycles. The molecule has 0 amide bonds. The third kappa shape index (κ3) is 1.48. The molecule has 72 valence electrons. The maximum absolute atomic E-state index is 6.10. The second kappa shape index (κ2) is 3.58. The van der Waals surface area contributed by atoms with Gasteiger partial charge in [0.25, 0.3) is 0 Å². The van der Waals surface area contributed by atoms with Crippen molar-refractivity contribution in [3.8, 4) is 0 Å². The molecule has 0 unspecified atom stereocenters. The second-order valence-corrected chi connectivity index (χ2v) is 3.80. The number of benzene rings is 1. The normalized spacial score (nSPS) is 10.8. The topological polar surface area (TPSA) is 12.9 Å². The van der Waals surface area contributed by atoms with Crippen LogP contribution in [0.3, 0.4) is 0 Å². The number of halogens is 1. The average molecular weight is 206 g/mol. The van der Waals surface area contributed by atoms with Gasteiger partial charge in [-0.05, 0) is 37.1 Å². The second-order valence-electron chi connectivity index (χ2n) is 3.39. The van der Waals surface area contributed by atoms with Crippen LogP contribution in [-0.2, 0) is 6.42 Å². The molecule has 0 radical (unpaired) electrons. The van der Waals surface area contributed by atoms with E-state index in [0.717, 1.165) is 28.0 Å². The first kappa shape index (κ1) is 9.47. The maximum Gasteiger partial charge on any atom is 0.0720 e. The Bertz CT molecular complexity index is 477. The Balaban J connectivity index is 2.80. The van der Waals surface area contributed by atoms with E-state index in [0.29, 0.717) is 0 Å². The van der Waals surface area contributed by atoms with Crippen LogP contribution in [0.2, 0.25) is 5.02 Å². The molecule has 0 aliphatic carbocycles. The van der Waals surface area contributed by atoms with Crippen molar-refractivity contribution in [2.24, 2.45) is 0 Å². The van der Waals surface area contributed by atoms with E-state index >= 15 is 0 Å². The fraction of sp³-hybridized carbons (Fsp3) is 0.250. The lowest BCUT2D eigenvalue weighted by Crippen LogP contribution is -1.91. The summed E-state index contributed by atoms with van der Waals surface area (Å²) in [5, 5.41) is 1.83. The molecular weight excluding hydrogens is 194 g/mol. The van der Waals surface area contributed by atoms with Crippen molar-refractivity contribution in [2.45, 2.75) is 20.3 Å². The minimum Gasteiger partial charge on any atom is -0.253 e. The summed E-state index contributed by atoms with van der Waals surface area (Å²) < 4.78 is 0. The maximum atomic E-state index is 6.10. The molecule has 0 fully saturated rings. The Kier molecular flexibility index (Phi) is 2.42. The lowest BCUT2D eigenvalue weighted by molar-refractivity contribution is 1.07. The molecule has 1 aromatic heterocycles. The fourth-order valence-electron chi connectivity index (χ4n) is 1.66. The fourth-order valence-corrected chi connectivity index (χ4v) is 1.88. The van der Waals surface area contributed by atoms with Gasteiger partial charge in [-0.2, -0.15) is 0 Å². The number of nitrogens with zero attached hydrogens (tertiary/aromatic N) is 1. The van der Waals surface area contributed by atoms with Crippen molar-refractivity contribution in [1.29, 1.82) is 0 Å². The molecule has 1 heterocycles. The van der Waals surface area contributed by atoms with Crippen molar-refractivity contribution in [2.75, 3.05) is 0 Å². The Morgan fingerprint density at radius 3 is 2.86 bits per heavy atom. The van der Waals surface area contributed by atoms with Crippen LogP contribution in [0.1, 0.15) is 18.2 Å². The van der Waals surface area contributed by atoms with Crippen LogP contribution in [0.4, 0.5) is 0 Å². The molecule has 1 nitrogen and oxygen atoms in total. The van der Waals surface area contributed by atoms with Gasteiger partial charge in [0.15, 0.2) is 0 Å². The van der Waals surface area contributed by atoms with Crippen molar-refractivity contribution < 1.29 is 0 Å². The molecule has 0 bridgehead atoms. The molecule has 0 atom stereocenters. The van der Waals surface area contributed by atoms with Gasteiger partial charge in [-0.1, -0.05) is 24.6 Å². The number of hydrogen-bond acceptors (Lipinski definition) is 1. The highest BCUT2D eigenvalue weighted by Crippen LogP contribution is 2.24. The van der Waals surface area contributed by atoms with Crippen LogP contribution < -0.4 is 0 Å². The molecule has 1 aromatic carbocycles. The molecule has 2 aromatic rings. The van der Waals surface area contributed by atoms with Gasteiger partial charge in [0.1, 0.15) is 0 Å². The van der Waals surface area contributed by atoms with Gasteiger partial charge in [-0.25, -0.2) is 0 Å². The Labute approximate surface area is 88.7 Å². The molecule has 0 aliphatic heterocycles. The van der Waals surface area contributed by atoms with Crippen LogP contribution in [0, 0.1) is 6.92 Å². The number of hydrogen-bond donors (Lipinski definition) is 0. The molecule has 0 aliphatic rings. The zero-order valence-electron chi connectivity index (χ0n) is 8.34. The zero-order valence-corrected chi connectivity index (χ0v) is 9.10. The van der Waals surface area contributed by atoms with Crippen molar-refractivity contribution in [3.63, 3.8) is 0 Å². The number of rotatable bonds is 1. The zero-order chi connectivity index (χ0) is 10.1. The lowest BCUT2D eigenvalue weighted by atomic mass is 10.1. The molecule has 2 heteroatoms. The van der Waals surface area contributed by atoms with Gasteiger partial charge in [0, 0.05) is 16.1 Å². The molecule has 0 spiro atoms. The SMILES string of the molecule is CCc1cc2c(Cl)cccc2nc1C. The first-order valence-corrected chi connectivity index (χ1v) is 5.15. The standard InChI is InChI=1S/C12H12ClN/c1-3-9-7-10-11(13)5-4-6-12(10)14-8(9)2/h4-7H,3H2,1-2H3. The minimum atomic E-state index is 0.782. The van der Waals surface area contributed by atoms with Crippen molar-refractivity contribution in [3.05, 3.63) is 40.5 Å². The first-order chi connectivity index (χ1) is 6.72. The highest BCUT2D eigenvalue weighted by atomic mass is 35.5. The summed E-state index contributed by atoms with van der Waals surface area (Å²) >= 11 is 6.10. The van der Waals surface area contributed by atoms with Crippen LogP contribution in [-0.4, -0.2) is 4.98 Å². The predicted molar refractivity (Wildman–Crippen MR) is 60.9 cm³/mol. The summed E-state index contributed by atoms with van der Waals surface area (Å²) in [6, 6.07) is 7.97. The minimum absolute atomic E-state index is 0.782. The smallest absolute Gasteiger partial charge is 0.0720 e. The van der Waals surface area contributed by atoms with E-state index in [4.69, 9.17) is 11.6 Å². The summed E-state index contributed by atoms with van der Waals surface area (Å²) in [7, 11) is 0. The summed E-state index contributed by atoms with van der Waals surface area (Å²) in [4.78, 5) is 4.52. The number of aromatic nitrogens is 1. The number of pyridine rings is 1. The van der Waals surface area contributed by atoms with Gasteiger partial charge in [0.2, 0.25) is 0 Å². The Morgan fingerprint density at radius 2 is 2.14 bits per heavy atom. The molecule has 2 rings (SSSR count). The highest BCUT2D eigenvalue weighted by Gasteiger charge is 2.03. The van der Waals surface area contributed by atoms with Crippen LogP contribution in [0.15, 0.2) is 24.3 Å². The van der Waals surface area contributed by atoms with Crippen LogP contribution in [0.25, 0.3) is 10.9 Å². The van der Waals surface area contributed by atoms with Gasteiger partial charge >= 0.3 is 0 Å². The average Bonchev–Trinajstić information content (AvgIpc) is 2.17. The Hall–Kier alpha value is -1.08. The van der Waals surface area contributed by atoms with E-state index in [9.17, 15) is 0 Å². The quantitative estimate of drug-likeness (QED) is 0.691. The van der Waals surface area contributed by atoms with E-state index in [2.05, 4.69) is 18.0 Å². The third-order valence-corrected chi connectivity index (χ3v) is 2.81. The van der Waals surface area contributed by atoms with E-state index in [-0.39, 0.29) is 0 Å². The predicted octanol–water partition coefficient (Wildman–Crippen LogP) is 3.76. The number of fused-ring (bicyclic) bond motifs is 1. The van der Waals surface area contributed by atoms with Crippen molar-refractivity contribution in [1.82, 2.24) is 4.98 Å². The summed E-state index contributed by atoms with van der Waals surface area (Å²) in [6.45, 7) is 4.17. The lowest BCUT2D eigenvalue weighted by Gasteiger charge is -2.05. The van der Waals surface area contributed by atoms with E-state index in [1.54, 1.807) is 0 Å². The molecule has 0 saturated carbocycles. The van der Waals surface area contributed by atoms with E-state index in [1.165, 1.54) is 5.56 Å². The highest BCUT2D eigenvalue weighted by molar-refractivity contribution is 6.35. The van der Waals surface area contributed by atoms with Gasteiger partial charge in [0.05, 0.1) is 5.52 Å². The molecule has 0 N–H and O–H groups in total. The van der Waals surface area contributed by atoms with Crippen LogP contribution >= 0.6 is 11.6 Å². The largest absolute Gasteiger partial charge is 0.253 e. The van der Waals surface area contributed by atoms with Gasteiger partial charge in [-0.15, -0.1) is 0 Å². The summed E-state index contributed by atoms with van der Waals surface area (Å²) in [6.07, 6.45) is 1.000. The monoisotopic (exact) mass is 205 g/mol. The van der Waals surface area contributed by atoms with Crippen molar-refractivity contribution >= 4 is 22.5 Å². The molecular formula is C12H12ClN. The Morgan fingerprint density at radius 1 is 1.36 bits per heavy atom. The van der Waals surface area contributed by atoms with Gasteiger partial charge < -0.3 is 0 Å². The molecule has 14 heavy (non-hydrogen) atoms. The first-order valence-electron chi connectivity index (χ1n) is 4.77. The van der Waals surface area contributed by atoms with Crippen LogP contribution in [0.5, 0.6) is 0 Å². The summed E-state index contributed by atoms with van der Waals surface area (Å²) in [5.74, 6) is 0.